The van der Waals surface area contributed by atoms with Gasteiger partial charge >= 0.3 is 0 Å². The van der Waals surface area contributed by atoms with Crippen molar-refractivity contribution in [3.63, 3.8) is 0 Å². The van der Waals surface area contributed by atoms with E-state index < -0.39 is 11.2 Å². The zero-order valence-electron chi connectivity index (χ0n) is 11.7. The number of rotatable bonds is 4. The van der Waals surface area contributed by atoms with Crippen molar-refractivity contribution in [3.05, 3.63) is 59.9 Å². The van der Waals surface area contributed by atoms with E-state index in [1.807, 2.05) is 24.3 Å². The van der Waals surface area contributed by atoms with Crippen LogP contribution in [0.15, 0.2) is 48.5 Å². The van der Waals surface area contributed by atoms with Gasteiger partial charge in [0.25, 0.3) is 0 Å². The van der Waals surface area contributed by atoms with E-state index in [0.717, 1.165) is 18.4 Å². The second-order valence-corrected chi connectivity index (χ2v) is 5.22. The number of benzene rings is 2. The number of methoxy groups -OCH3 is 1. The Morgan fingerprint density at radius 2 is 1.81 bits per heavy atom. The molecule has 1 saturated carbocycles. The summed E-state index contributed by atoms with van der Waals surface area (Å²) in [6.45, 7) is 0. The molecule has 1 aliphatic rings. The van der Waals surface area contributed by atoms with Gasteiger partial charge in [0.1, 0.15) is 11.6 Å². The average Bonchev–Trinajstić information content (AvgIpc) is 3.31. The quantitative estimate of drug-likeness (QED) is 0.933. The van der Waals surface area contributed by atoms with E-state index in [1.165, 1.54) is 6.07 Å². The first-order valence-corrected chi connectivity index (χ1v) is 6.87. The minimum Gasteiger partial charge on any atom is -0.496 e. The topological polar surface area (TPSA) is 38.3 Å². The predicted octanol–water partition coefficient (Wildman–Crippen LogP) is 3.50. The zero-order chi connectivity index (χ0) is 14.9. The van der Waals surface area contributed by atoms with Gasteiger partial charge in [-0.2, -0.15) is 0 Å². The largest absolute Gasteiger partial charge is 0.496 e. The van der Waals surface area contributed by atoms with Crippen molar-refractivity contribution < 1.29 is 13.9 Å². The lowest BCUT2D eigenvalue weighted by atomic mass is 9.94. The number of amides is 1. The van der Waals surface area contributed by atoms with Crippen LogP contribution in [0.1, 0.15) is 18.4 Å². The molecule has 4 heteroatoms. The van der Waals surface area contributed by atoms with Crippen LogP contribution in [0.5, 0.6) is 5.75 Å². The molecular weight excluding hydrogens is 269 g/mol. The van der Waals surface area contributed by atoms with Crippen molar-refractivity contribution in [3.8, 4) is 5.75 Å². The highest BCUT2D eigenvalue weighted by atomic mass is 19.1. The van der Waals surface area contributed by atoms with Gasteiger partial charge in [-0.25, -0.2) is 4.39 Å². The molecule has 0 bridgehead atoms. The molecule has 0 spiro atoms. The van der Waals surface area contributed by atoms with E-state index in [1.54, 1.807) is 25.3 Å². The van der Waals surface area contributed by atoms with Crippen molar-refractivity contribution in [2.45, 2.75) is 18.3 Å². The Labute approximate surface area is 122 Å². The lowest BCUT2D eigenvalue weighted by molar-refractivity contribution is -0.118. The van der Waals surface area contributed by atoms with Crippen LogP contribution < -0.4 is 10.1 Å². The molecular formula is C17H16FNO2. The number of hydrogen-bond acceptors (Lipinski definition) is 2. The molecule has 3 nitrogen and oxygen atoms in total. The normalized spacial score (nSPS) is 15.3. The molecule has 0 atom stereocenters. The lowest BCUT2D eigenvalue weighted by Crippen LogP contribution is -2.28. The second-order valence-electron chi connectivity index (χ2n) is 5.22. The first kappa shape index (κ1) is 13.6. The number of para-hydroxylation sites is 2. The molecule has 0 heterocycles. The van der Waals surface area contributed by atoms with Gasteiger partial charge in [-0.15, -0.1) is 0 Å². The number of halogens is 1. The second kappa shape index (κ2) is 5.20. The van der Waals surface area contributed by atoms with Gasteiger partial charge in [0, 0.05) is 5.56 Å². The number of hydrogen-bond donors (Lipinski definition) is 1. The highest BCUT2D eigenvalue weighted by Crippen LogP contribution is 2.52. The molecule has 0 unspecified atom stereocenters. The van der Waals surface area contributed by atoms with Gasteiger partial charge in [0.2, 0.25) is 5.91 Å². The number of carbonyl (C=O) groups excluding carboxylic acids is 1. The maximum Gasteiger partial charge on any atom is 0.235 e. The third kappa shape index (κ3) is 2.37. The van der Waals surface area contributed by atoms with Crippen LogP contribution in [0.4, 0.5) is 10.1 Å². The van der Waals surface area contributed by atoms with Gasteiger partial charge in [-0.3, -0.25) is 4.79 Å². The van der Waals surface area contributed by atoms with E-state index in [2.05, 4.69) is 5.32 Å². The first-order chi connectivity index (χ1) is 10.2. The number of nitrogens with one attached hydrogen (secondary N) is 1. The average molecular weight is 285 g/mol. The summed E-state index contributed by atoms with van der Waals surface area (Å²) >= 11 is 0. The fraction of sp³-hybridized carbons (Fsp3) is 0.235. The third-order valence-corrected chi connectivity index (χ3v) is 3.93. The summed E-state index contributed by atoms with van der Waals surface area (Å²) in [6.07, 6.45) is 1.49. The Balaban J connectivity index is 1.89. The summed E-state index contributed by atoms with van der Waals surface area (Å²) in [5, 5.41) is 2.69. The monoisotopic (exact) mass is 285 g/mol. The molecule has 0 saturated heterocycles. The maximum absolute atomic E-state index is 13.7. The zero-order valence-corrected chi connectivity index (χ0v) is 11.7. The van der Waals surface area contributed by atoms with Crippen molar-refractivity contribution in [1.29, 1.82) is 0 Å². The molecule has 1 N–H and O–H groups in total. The maximum atomic E-state index is 13.7. The lowest BCUT2D eigenvalue weighted by Gasteiger charge is -2.18. The van der Waals surface area contributed by atoms with Crippen LogP contribution >= 0.6 is 0 Å². The highest BCUT2D eigenvalue weighted by Gasteiger charge is 2.52. The van der Waals surface area contributed by atoms with Crippen LogP contribution in [0.3, 0.4) is 0 Å². The summed E-state index contributed by atoms with van der Waals surface area (Å²) in [5.41, 5.74) is 0.472. The number of carbonyl (C=O) groups is 1. The molecule has 21 heavy (non-hydrogen) atoms. The van der Waals surface area contributed by atoms with Crippen LogP contribution in [-0.2, 0) is 10.2 Å². The van der Waals surface area contributed by atoms with Gasteiger partial charge in [-0.1, -0.05) is 30.3 Å². The van der Waals surface area contributed by atoms with Crippen LogP contribution in [0.2, 0.25) is 0 Å². The molecule has 1 amide bonds. The SMILES string of the molecule is COc1ccccc1C1(C(=O)Nc2ccccc2F)CC1. The van der Waals surface area contributed by atoms with Gasteiger partial charge in [0.15, 0.2) is 0 Å². The molecule has 108 valence electrons. The molecule has 2 aromatic rings. The summed E-state index contributed by atoms with van der Waals surface area (Å²) in [6, 6.07) is 13.7. The van der Waals surface area contributed by atoms with Crippen LogP contribution in [0.25, 0.3) is 0 Å². The van der Waals surface area contributed by atoms with E-state index in [4.69, 9.17) is 4.74 Å². The number of anilines is 1. The Kier molecular flexibility index (Phi) is 3.37. The van der Waals surface area contributed by atoms with Gasteiger partial charge in [-0.05, 0) is 31.0 Å². The Morgan fingerprint density at radius 1 is 1.14 bits per heavy atom. The molecule has 0 aliphatic heterocycles. The Morgan fingerprint density at radius 3 is 2.48 bits per heavy atom. The molecule has 1 fully saturated rings. The summed E-state index contributed by atoms with van der Waals surface area (Å²) < 4.78 is 19.0. The minimum atomic E-state index is -0.602. The van der Waals surface area contributed by atoms with Gasteiger partial charge in [0.05, 0.1) is 18.2 Å². The fourth-order valence-electron chi connectivity index (χ4n) is 2.59. The minimum absolute atomic E-state index is 0.183. The summed E-state index contributed by atoms with van der Waals surface area (Å²) in [7, 11) is 1.59. The van der Waals surface area contributed by atoms with Crippen molar-refractivity contribution in [2.75, 3.05) is 12.4 Å². The fourth-order valence-corrected chi connectivity index (χ4v) is 2.59. The molecule has 0 aromatic heterocycles. The molecule has 0 radical (unpaired) electrons. The molecule has 1 aliphatic carbocycles. The number of ether oxygens (including phenoxy) is 1. The van der Waals surface area contributed by atoms with Crippen molar-refractivity contribution >= 4 is 11.6 Å². The van der Waals surface area contributed by atoms with Crippen molar-refractivity contribution in [2.24, 2.45) is 0 Å². The molecule has 3 rings (SSSR count). The van der Waals surface area contributed by atoms with Crippen molar-refractivity contribution in [1.82, 2.24) is 0 Å². The van der Waals surface area contributed by atoms with E-state index in [0.29, 0.717) is 5.75 Å². The smallest absolute Gasteiger partial charge is 0.235 e. The Hall–Kier alpha value is -2.36. The van der Waals surface area contributed by atoms with E-state index >= 15 is 0 Å². The van der Waals surface area contributed by atoms with E-state index in [-0.39, 0.29) is 11.6 Å². The summed E-state index contributed by atoms with van der Waals surface area (Å²) in [4.78, 5) is 12.6. The van der Waals surface area contributed by atoms with Crippen LogP contribution in [0, 0.1) is 5.82 Å². The molecule has 2 aromatic carbocycles. The van der Waals surface area contributed by atoms with Crippen LogP contribution in [-0.4, -0.2) is 13.0 Å². The summed E-state index contributed by atoms with van der Waals surface area (Å²) in [5.74, 6) is 0.0810. The standard InChI is InChI=1S/C17H16FNO2/c1-21-15-9-5-2-6-12(15)17(10-11-17)16(20)19-14-8-4-3-7-13(14)18/h2-9H,10-11H2,1H3,(H,19,20). The van der Waals surface area contributed by atoms with E-state index in [9.17, 15) is 9.18 Å². The highest BCUT2D eigenvalue weighted by molar-refractivity contribution is 6.01. The predicted molar refractivity (Wildman–Crippen MR) is 78.9 cm³/mol. The first-order valence-electron chi connectivity index (χ1n) is 6.87. The van der Waals surface area contributed by atoms with Gasteiger partial charge < -0.3 is 10.1 Å². The third-order valence-electron chi connectivity index (χ3n) is 3.93. The Bertz CT molecular complexity index is 680.